The summed E-state index contributed by atoms with van der Waals surface area (Å²) < 4.78 is 0. The fourth-order valence-electron chi connectivity index (χ4n) is 0.904. The number of rotatable bonds is 4. The summed E-state index contributed by atoms with van der Waals surface area (Å²) in [5.41, 5.74) is 5.33. The maximum atomic E-state index is 11.4. The van der Waals surface area contributed by atoms with E-state index in [-0.39, 0.29) is 11.1 Å². The number of carbonyl (C=O) groups is 2. The van der Waals surface area contributed by atoms with Gasteiger partial charge in [-0.2, -0.15) is 0 Å². The van der Waals surface area contributed by atoms with Crippen LogP contribution in [0.2, 0.25) is 5.28 Å². The van der Waals surface area contributed by atoms with E-state index in [2.05, 4.69) is 15.3 Å². The molecule has 0 aliphatic rings. The number of halogens is 1. The Morgan fingerprint density at radius 2 is 2.31 bits per heavy atom. The van der Waals surface area contributed by atoms with Gasteiger partial charge in [-0.15, -0.1) is 0 Å². The minimum absolute atomic E-state index is 0.0235. The zero-order valence-electron chi connectivity index (χ0n) is 8.05. The van der Waals surface area contributed by atoms with Crippen molar-refractivity contribution in [2.75, 3.05) is 5.32 Å². The van der Waals surface area contributed by atoms with Gasteiger partial charge in [0.15, 0.2) is 0 Å². The number of anilines is 1. The lowest BCUT2D eigenvalue weighted by molar-refractivity contribution is -0.138. The van der Waals surface area contributed by atoms with Gasteiger partial charge in [-0.25, -0.2) is 9.97 Å². The van der Waals surface area contributed by atoms with Crippen LogP contribution in [0.3, 0.4) is 0 Å². The Kier molecular flexibility index (Phi) is 4.15. The molecule has 1 rings (SSSR count). The molecule has 0 saturated carbocycles. The summed E-state index contributed by atoms with van der Waals surface area (Å²) in [4.78, 5) is 29.0. The van der Waals surface area contributed by atoms with Crippen LogP contribution in [0.5, 0.6) is 0 Å². The highest BCUT2D eigenvalue weighted by Crippen LogP contribution is 2.06. The normalized spacial score (nSPS) is 11.9. The number of amides is 1. The van der Waals surface area contributed by atoms with E-state index in [0.29, 0.717) is 0 Å². The summed E-state index contributed by atoms with van der Waals surface area (Å²) in [6.45, 7) is 0. The maximum absolute atomic E-state index is 11.4. The van der Waals surface area contributed by atoms with Gasteiger partial charge in [0.05, 0.1) is 12.5 Å². The first kappa shape index (κ1) is 12.3. The average molecular weight is 245 g/mol. The molecule has 0 aliphatic heterocycles. The highest BCUT2D eigenvalue weighted by molar-refractivity contribution is 6.28. The smallest absolute Gasteiger partial charge is 0.305 e. The minimum Gasteiger partial charge on any atom is -0.481 e. The quantitative estimate of drug-likeness (QED) is 0.635. The Labute approximate surface area is 95.6 Å². The lowest BCUT2D eigenvalue weighted by atomic mass is 10.2. The van der Waals surface area contributed by atoms with Crippen molar-refractivity contribution in [1.29, 1.82) is 0 Å². The third-order valence-corrected chi connectivity index (χ3v) is 1.79. The number of nitrogens with one attached hydrogen (secondary N) is 1. The zero-order chi connectivity index (χ0) is 12.1. The number of carboxylic acids is 1. The van der Waals surface area contributed by atoms with Crippen LogP contribution in [0.25, 0.3) is 0 Å². The van der Waals surface area contributed by atoms with Crippen molar-refractivity contribution in [3.63, 3.8) is 0 Å². The Morgan fingerprint density at radius 3 is 2.88 bits per heavy atom. The Morgan fingerprint density at radius 1 is 1.62 bits per heavy atom. The molecule has 0 saturated heterocycles. The van der Waals surface area contributed by atoms with Crippen LogP contribution >= 0.6 is 11.6 Å². The molecule has 0 aliphatic carbocycles. The Balaban J connectivity index is 2.60. The topological polar surface area (TPSA) is 118 Å². The number of aliphatic carboxylic acids is 1. The molecule has 0 fully saturated rings. The van der Waals surface area contributed by atoms with Gasteiger partial charge in [0, 0.05) is 6.20 Å². The van der Waals surface area contributed by atoms with E-state index in [4.69, 9.17) is 22.4 Å². The molecule has 1 heterocycles. The second-order valence-corrected chi connectivity index (χ2v) is 3.24. The molecule has 1 amide bonds. The number of carbonyl (C=O) groups excluding carboxylic acids is 1. The van der Waals surface area contributed by atoms with Crippen molar-refractivity contribution >= 4 is 29.3 Å². The third-order valence-electron chi connectivity index (χ3n) is 1.61. The van der Waals surface area contributed by atoms with Crippen molar-refractivity contribution in [2.24, 2.45) is 5.73 Å². The number of nitrogens with zero attached hydrogens (tertiary/aromatic N) is 2. The fourth-order valence-corrected chi connectivity index (χ4v) is 1.05. The van der Waals surface area contributed by atoms with E-state index in [1.807, 2.05) is 0 Å². The van der Waals surface area contributed by atoms with Crippen LogP contribution in [-0.4, -0.2) is 33.0 Å². The molecular formula is C8H9ClN4O3. The molecule has 0 aromatic carbocycles. The molecule has 1 atom stereocenters. The summed E-state index contributed by atoms with van der Waals surface area (Å²) in [6, 6.07) is 0.281. The zero-order valence-corrected chi connectivity index (χ0v) is 8.81. The molecule has 7 nitrogen and oxygen atoms in total. The van der Waals surface area contributed by atoms with Crippen molar-refractivity contribution in [1.82, 2.24) is 9.97 Å². The van der Waals surface area contributed by atoms with Gasteiger partial charge < -0.3 is 16.2 Å². The van der Waals surface area contributed by atoms with Crippen LogP contribution in [0.1, 0.15) is 6.42 Å². The van der Waals surface area contributed by atoms with E-state index >= 15 is 0 Å². The van der Waals surface area contributed by atoms with Crippen molar-refractivity contribution in [3.05, 3.63) is 17.5 Å². The number of carboxylic acid groups (broad SMARTS) is 1. The average Bonchev–Trinajstić information content (AvgIpc) is 2.16. The second-order valence-electron chi connectivity index (χ2n) is 2.90. The first-order valence-electron chi connectivity index (χ1n) is 4.26. The third kappa shape index (κ3) is 3.79. The SMILES string of the molecule is NC(CC(=O)O)C(=O)Nc1ccnc(Cl)n1. The molecule has 1 unspecified atom stereocenters. The number of hydrogen-bond donors (Lipinski definition) is 3. The molecule has 0 bridgehead atoms. The molecular weight excluding hydrogens is 236 g/mol. The molecule has 0 radical (unpaired) electrons. The number of aromatic nitrogens is 2. The van der Waals surface area contributed by atoms with Gasteiger partial charge in [-0.1, -0.05) is 0 Å². The van der Waals surface area contributed by atoms with Gasteiger partial charge in [0.1, 0.15) is 5.82 Å². The summed E-state index contributed by atoms with van der Waals surface area (Å²) in [6.07, 6.45) is 0.901. The van der Waals surface area contributed by atoms with Gasteiger partial charge in [0.25, 0.3) is 0 Å². The highest BCUT2D eigenvalue weighted by Gasteiger charge is 2.17. The predicted molar refractivity (Wildman–Crippen MR) is 55.9 cm³/mol. The van der Waals surface area contributed by atoms with Crippen LogP contribution in [0, 0.1) is 0 Å². The molecule has 0 spiro atoms. The van der Waals surface area contributed by atoms with Crippen LogP contribution < -0.4 is 11.1 Å². The van der Waals surface area contributed by atoms with Gasteiger partial charge >= 0.3 is 5.97 Å². The van der Waals surface area contributed by atoms with E-state index in [1.165, 1.54) is 12.3 Å². The highest BCUT2D eigenvalue weighted by atomic mass is 35.5. The summed E-state index contributed by atoms with van der Waals surface area (Å²) in [5, 5.41) is 10.7. The minimum atomic E-state index is -1.15. The standard InChI is InChI=1S/C8H9ClN4O3/c9-8-11-2-1-5(13-8)12-7(16)4(10)3-6(14)15/h1-2,4H,3,10H2,(H,14,15)(H,11,12,13,16). The van der Waals surface area contributed by atoms with Crippen molar-refractivity contribution in [3.8, 4) is 0 Å². The first-order chi connectivity index (χ1) is 7.49. The van der Waals surface area contributed by atoms with E-state index in [1.54, 1.807) is 0 Å². The lowest BCUT2D eigenvalue weighted by Gasteiger charge is -2.09. The Hall–Kier alpha value is -1.73. The monoisotopic (exact) mass is 244 g/mol. The van der Waals surface area contributed by atoms with Crippen LogP contribution in [0.4, 0.5) is 5.82 Å². The predicted octanol–water partition coefficient (Wildman–Crippen LogP) is -0.130. The Bertz CT molecular complexity index is 412. The van der Waals surface area contributed by atoms with Crippen molar-refractivity contribution < 1.29 is 14.7 Å². The van der Waals surface area contributed by atoms with E-state index < -0.39 is 24.3 Å². The molecule has 16 heavy (non-hydrogen) atoms. The number of hydrogen-bond acceptors (Lipinski definition) is 5. The van der Waals surface area contributed by atoms with Gasteiger partial charge in [0.2, 0.25) is 11.2 Å². The van der Waals surface area contributed by atoms with Crippen molar-refractivity contribution in [2.45, 2.75) is 12.5 Å². The first-order valence-corrected chi connectivity index (χ1v) is 4.63. The molecule has 8 heteroatoms. The van der Waals surface area contributed by atoms with E-state index in [9.17, 15) is 9.59 Å². The maximum Gasteiger partial charge on any atom is 0.305 e. The largest absolute Gasteiger partial charge is 0.481 e. The molecule has 1 aromatic rings. The fraction of sp³-hybridized carbons (Fsp3) is 0.250. The molecule has 4 N–H and O–H groups in total. The molecule has 1 aromatic heterocycles. The second kappa shape index (κ2) is 5.38. The summed E-state index contributed by atoms with van der Waals surface area (Å²) in [7, 11) is 0. The van der Waals surface area contributed by atoms with Gasteiger partial charge in [-0.05, 0) is 17.7 Å². The molecule has 86 valence electrons. The van der Waals surface area contributed by atoms with E-state index in [0.717, 1.165) is 0 Å². The van der Waals surface area contributed by atoms with Crippen LogP contribution in [0.15, 0.2) is 12.3 Å². The number of nitrogens with two attached hydrogens (primary N) is 1. The lowest BCUT2D eigenvalue weighted by Crippen LogP contribution is -2.37. The summed E-state index contributed by atoms with van der Waals surface area (Å²) in [5.74, 6) is -1.62. The van der Waals surface area contributed by atoms with Gasteiger partial charge in [-0.3, -0.25) is 9.59 Å². The van der Waals surface area contributed by atoms with Crippen LogP contribution in [-0.2, 0) is 9.59 Å². The summed E-state index contributed by atoms with van der Waals surface area (Å²) >= 11 is 5.49.